The van der Waals surface area contributed by atoms with E-state index in [-0.39, 0.29) is 5.91 Å². The van der Waals surface area contributed by atoms with E-state index in [4.69, 9.17) is 4.74 Å². The van der Waals surface area contributed by atoms with Crippen molar-refractivity contribution in [2.24, 2.45) is 0 Å². The first-order chi connectivity index (χ1) is 13.6. The van der Waals surface area contributed by atoms with Gasteiger partial charge in [-0.2, -0.15) is 0 Å². The Balaban J connectivity index is 1.57. The predicted molar refractivity (Wildman–Crippen MR) is 110 cm³/mol. The zero-order valence-corrected chi connectivity index (χ0v) is 17.3. The highest BCUT2D eigenvalue weighted by atomic mass is 32.2. The van der Waals surface area contributed by atoms with E-state index in [1.165, 1.54) is 24.9 Å². The van der Waals surface area contributed by atoms with E-state index < -0.39 is 5.97 Å². The van der Waals surface area contributed by atoms with Gasteiger partial charge < -0.3 is 14.4 Å². The molecule has 0 spiro atoms. The molecule has 28 heavy (non-hydrogen) atoms. The van der Waals surface area contributed by atoms with Crippen molar-refractivity contribution in [1.29, 1.82) is 0 Å². The maximum absolute atomic E-state index is 12.1. The first kappa shape index (κ1) is 20.3. The Morgan fingerprint density at radius 2 is 2.25 bits per heavy atom. The van der Waals surface area contributed by atoms with Crippen molar-refractivity contribution in [2.45, 2.75) is 11.6 Å². The van der Waals surface area contributed by atoms with Crippen LogP contribution in [0.25, 0.3) is 5.69 Å². The van der Waals surface area contributed by atoms with Crippen LogP contribution in [0.15, 0.2) is 52.9 Å². The summed E-state index contributed by atoms with van der Waals surface area (Å²) >= 11 is 2.98. The molecule has 0 bridgehead atoms. The number of methoxy groups -OCH3 is 2. The molecule has 3 rings (SSSR count). The molecule has 1 aromatic carbocycles. The van der Waals surface area contributed by atoms with Crippen LogP contribution in [0.3, 0.4) is 0 Å². The third kappa shape index (κ3) is 4.90. The van der Waals surface area contributed by atoms with Crippen molar-refractivity contribution in [2.75, 3.05) is 32.3 Å². The van der Waals surface area contributed by atoms with Gasteiger partial charge >= 0.3 is 5.97 Å². The van der Waals surface area contributed by atoms with Crippen molar-refractivity contribution in [3.05, 3.63) is 47.8 Å². The number of thioether (sulfide) groups is 2. The van der Waals surface area contributed by atoms with Crippen LogP contribution in [0.5, 0.6) is 5.75 Å². The molecule has 0 saturated carbocycles. The second-order valence-corrected chi connectivity index (χ2v) is 7.88. The number of imidazole rings is 1. The number of rotatable bonds is 8. The molecule has 1 aliphatic rings. The highest BCUT2D eigenvalue weighted by molar-refractivity contribution is 8.04. The van der Waals surface area contributed by atoms with Gasteiger partial charge in [-0.3, -0.25) is 9.36 Å². The zero-order valence-electron chi connectivity index (χ0n) is 15.7. The van der Waals surface area contributed by atoms with Crippen molar-refractivity contribution in [3.63, 3.8) is 0 Å². The number of carbonyl (C=O) groups excluding carboxylic acids is 2. The SMILES string of the molecule is COC(=O)/C=C1/SCC(=O)N1CCCSc1nccn1-c1cccc(OC)c1. The summed E-state index contributed by atoms with van der Waals surface area (Å²) < 4.78 is 11.9. The van der Waals surface area contributed by atoms with Crippen LogP contribution in [0, 0.1) is 0 Å². The summed E-state index contributed by atoms with van der Waals surface area (Å²) in [6.07, 6.45) is 5.83. The fraction of sp³-hybridized carbons (Fsp3) is 0.316. The van der Waals surface area contributed by atoms with Gasteiger partial charge in [0.05, 0.1) is 36.8 Å². The molecule has 0 N–H and O–H groups in total. The van der Waals surface area contributed by atoms with Crippen molar-refractivity contribution in [3.8, 4) is 11.4 Å². The quantitative estimate of drug-likeness (QED) is 0.282. The minimum Gasteiger partial charge on any atom is -0.497 e. The van der Waals surface area contributed by atoms with Gasteiger partial charge in [-0.1, -0.05) is 29.6 Å². The second kappa shape index (κ2) is 9.70. The highest BCUT2D eigenvalue weighted by Gasteiger charge is 2.26. The van der Waals surface area contributed by atoms with Gasteiger partial charge in [-0.05, 0) is 18.6 Å². The molecular weight excluding hydrogens is 398 g/mol. The number of amides is 1. The van der Waals surface area contributed by atoms with E-state index >= 15 is 0 Å². The van der Waals surface area contributed by atoms with Crippen LogP contribution in [-0.2, 0) is 14.3 Å². The minimum absolute atomic E-state index is 0.0167. The third-order valence-electron chi connectivity index (χ3n) is 4.05. The first-order valence-corrected chi connectivity index (χ1v) is 10.6. The summed E-state index contributed by atoms with van der Waals surface area (Å²) in [6.45, 7) is 0.557. The Morgan fingerprint density at radius 1 is 1.39 bits per heavy atom. The van der Waals surface area contributed by atoms with Crippen molar-refractivity contribution >= 4 is 35.4 Å². The maximum atomic E-state index is 12.1. The molecule has 9 heteroatoms. The Bertz CT molecular complexity index is 882. The molecule has 0 aliphatic carbocycles. The van der Waals surface area contributed by atoms with Gasteiger partial charge in [0.1, 0.15) is 5.75 Å². The van der Waals surface area contributed by atoms with Gasteiger partial charge in [0, 0.05) is 30.8 Å². The molecular formula is C19H21N3O4S2. The molecule has 1 saturated heterocycles. The molecule has 0 unspecified atom stereocenters. The van der Waals surface area contributed by atoms with Crippen molar-refractivity contribution in [1.82, 2.24) is 14.5 Å². The molecule has 2 aromatic rings. The number of hydrogen-bond donors (Lipinski definition) is 0. The molecule has 1 aliphatic heterocycles. The summed E-state index contributed by atoms with van der Waals surface area (Å²) in [4.78, 5) is 29.6. The lowest BCUT2D eigenvalue weighted by Crippen LogP contribution is -2.26. The molecule has 1 fully saturated rings. The van der Waals surface area contributed by atoms with Gasteiger partial charge in [0.2, 0.25) is 5.91 Å². The summed E-state index contributed by atoms with van der Waals surface area (Å²) in [5.41, 5.74) is 0.980. The number of nitrogens with zero attached hydrogens (tertiary/aromatic N) is 3. The topological polar surface area (TPSA) is 73.7 Å². The lowest BCUT2D eigenvalue weighted by molar-refractivity contribution is -0.134. The number of hydrogen-bond acceptors (Lipinski definition) is 7. The van der Waals surface area contributed by atoms with E-state index in [9.17, 15) is 9.59 Å². The lowest BCUT2D eigenvalue weighted by Gasteiger charge is -2.16. The monoisotopic (exact) mass is 419 g/mol. The van der Waals surface area contributed by atoms with E-state index in [0.29, 0.717) is 17.3 Å². The number of aromatic nitrogens is 2. The second-order valence-electron chi connectivity index (χ2n) is 5.82. The minimum atomic E-state index is -0.447. The number of benzene rings is 1. The Labute approximate surface area is 172 Å². The molecule has 148 valence electrons. The van der Waals surface area contributed by atoms with Gasteiger partial charge in [0.15, 0.2) is 5.16 Å². The summed E-state index contributed by atoms with van der Waals surface area (Å²) in [5.74, 6) is 1.51. The largest absolute Gasteiger partial charge is 0.497 e. The normalized spacial score (nSPS) is 15.3. The van der Waals surface area contributed by atoms with Crippen LogP contribution in [-0.4, -0.2) is 58.6 Å². The average molecular weight is 420 g/mol. The number of ether oxygens (including phenoxy) is 2. The summed E-state index contributed by atoms with van der Waals surface area (Å²) in [5, 5.41) is 1.53. The van der Waals surface area contributed by atoms with Crippen LogP contribution in [0.4, 0.5) is 0 Å². The molecule has 0 radical (unpaired) electrons. The zero-order chi connectivity index (χ0) is 19.9. The van der Waals surface area contributed by atoms with Crippen LogP contribution in [0.1, 0.15) is 6.42 Å². The smallest absolute Gasteiger partial charge is 0.333 e. The van der Waals surface area contributed by atoms with Crippen LogP contribution >= 0.6 is 23.5 Å². The third-order valence-corrected chi connectivity index (χ3v) is 6.13. The summed E-state index contributed by atoms with van der Waals surface area (Å²) in [6, 6.07) is 7.79. The number of esters is 1. The predicted octanol–water partition coefficient (Wildman–Crippen LogP) is 2.95. The lowest BCUT2D eigenvalue weighted by atomic mass is 10.3. The molecule has 7 nitrogen and oxygen atoms in total. The number of carbonyl (C=O) groups is 2. The maximum Gasteiger partial charge on any atom is 0.333 e. The Hall–Kier alpha value is -2.39. The average Bonchev–Trinajstić information content (AvgIpc) is 3.32. The van der Waals surface area contributed by atoms with Crippen molar-refractivity contribution < 1.29 is 19.1 Å². The first-order valence-electron chi connectivity index (χ1n) is 8.65. The van der Waals surface area contributed by atoms with Crippen LogP contribution < -0.4 is 4.74 Å². The molecule has 1 amide bonds. The Kier molecular flexibility index (Phi) is 7.05. The molecule has 1 aromatic heterocycles. The van der Waals surface area contributed by atoms with Gasteiger partial charge in [0.25, 0.3) is 0 Å². The van der Waals surface area contributed by atoms with Gasteiger partial charge in [-0.15, -0.1) is 0 Å². The summed E-state index contributed by atoms with van der Waals surface area (Å²) in [7, 11) is 2.97. The molecule has 2 heterocycles. The fourth-order valence-corrected chi connectivity index (χ4v) is 4.52. The van der Waals surface area contributed by atoms with E-state index in [2.05, 4.69) is 9.72 Å². The van der Waals surface area contributed by atoms with E-state index in [1.54, 1.807) is 30.0 Å². The highest BCUT2D eigenvalue weighted by Crippen LogP contribution is 2.29. The standard InChI is InChI=1S/C19H21N3O4S2/c1-25-15-6-3-5-14(11-15)21-9-7-20-19(21)27-10-4-8-22-16(23)13-28-17(22)12-18(24)26-2/h3,5-7,9,11-12H,4,8,10,13H2,1-2H3/b17-12+. The van der Waals surface area contributed by atoms with E-state index in [0.717, 1.165) is 28.8 Å². The van der Waals surface area contributed by atoms with E-state index in [1.807, 2.05) is 35.0 Å². The Morgan fingerprint density at radius 3 is 3.04 bits per heavy atom. The van der Waals surface area contributed by atoms with Gasteiger partial charge in [-0.25, -0.2) is 9.78 Å². The fourth-order valence-electron chi connectivity index (χ4n) is 2.67. The van der Waals surface area contributed by atoms with Crippen LogP contribution in [0.2, 0.25) is 0 Å². The molecule has 0 atom stereocenters.